The molecule has 2 amide bonds. The van der Waals surface area contributed by atoms with Crippen molar-refractivity contribution < 1.29 is 19.4 Å². The van der Waals surface area contributed by atoms with Crippen LogP contribution < -0.4 is 0 Å². The van der Waals surface area contributed by atoms with Crippen LogP contribution in [0.15, 0.2) is 0 Å². The van der Waals surface area contributed by atoms with Gasteiger partial charge in [0.2, 0.25) is 0 Å². The van der Waals surface area contributed by atoms with E-state index in [0.717, 1.165) is 19.5 Å². The summed E-state index contributed by atoms with van der Waals surface area (Å²) in [5.41, 5.74) is 0. The van der Waals surface area contributed by atoms with Gasteiger partial charge in [-0.1, -0.05) is 6.92 Å². The predicted octanol–water partition coefficient (Wildman–Crippen LogP) is 1.40. The largest absolute Gasteiger partial charge is 0.480 e. The average molecular weight is 272 g/mol. The van der Waals surface area contributed by atoms with Crippen LogP contribution in [0, 0.1) is 0 Å². The topological polar surface area (TPSA) is 70.1 Å². The van der Waals surface area contributed by atoms with Crippen molar-refractivity contribution >= 4 is 12.0 Å². The molecule has 6 heteroatoms. The van der Waals surface area contributed by atoms with Crippen LogP contribution in [0.1, 0.15) is 33.1 Å². The van der Waals surface area contributed by atoms with E-state index >= 15 is 0 Å². The number of likely N-dealkylation sites (tertiary alicyclic amines) is 1. The van der Waals surface area contributed by atoms with Gasteiger partial charge in [-0.25, -0.2) is 9.59 Å². The number of ether oxygens (including phenoxy) is 1. The molecule has 0 aliphatic carbocycles. The zero-order chi connectivity index (χ0) is 14.3. The molecule has 0 bridgehead atoms. The molecule has 0 saturated carbocycles. The van der Waals surface area contributed by atoms with Crippen molar-refractivity contribution in [2.75, 3.05) is 32.8 Å². The van der Waals surface area contributed by atoms with E-state index in [1.807, 2.05) is 16.7 Å². The fourth-order valence-corrected chi connectivity index (χ4v) is 2.26. The quantitative estimate of drug-likeness (QED) is 0.793. The summed E-state index contributed by atoms with van der Waals surface area (Å²) in [4.78, 5) is 26.3. The molecule has 0 spiro atoms. The SMILES string of the molecule is CCCN(CC)C(=O)N1CCC(OCC(=O)O)CC1. The minimum Gasteiger partial charge on any atom is -0.480 e. The number of piperidine rings is 1. The van der Waals surface area contributed by atoms with Crippen molar-refractivity contribution in [1.82, 2.24) is 9.80 Å². The minimum absolute atomic E-state index is 0.0404. The van der Waals surface area contributed by atoms with E-state index in [0.29, 0.717) is 25.9 Å². The summed E-state index contributed by atoms with van der Waals surface area (Å²) in [6.07, 6.45) is 2.34. The lowest BCUT2D eigenvalue weighted by atomic mass is 10.1. The number of amides is 2. The average Bonchev–Trinajstić information content (AvgIpc) is 2.42. The van der Waals surface area contributed by atoms with Gasteiger partial charge < -0.3 is 19.6 Å². The molecule has 1 N–H and O–H groups in total. The number of hydrogen-bond acceptors (Lipinski definition) is 3. The van der Waals surface area contributed by atoms with Gasteiger partial charge in [0.1, 0.15) is 6.61 Å². The van der Waals surface area contributed by atoms with Crippen molar-refractivity contribution in [3.05, 3.63) is 0 Å². The standard InChI is InChI=1S/C13H24N2O4/c1-3-7-14(4-2)13(18)15-8-5-11(6-9-15)19-10-12(16)17/h11H,3-10H2,1-2H3,(H,16,17). The van der Waals surface area contributed by atoms with Crippen molar-refractivity contribution in [3.63, 3.8) is 0 Å². The fourth-order valence-electron chi connectivity index (χ4n) is 2.26. The predicted molar refractivity (Wildman–Crippen MR) is 71.1 cm³/mol. The number of carbonyl (C=O) groups is 2. The van der Waals surface area contributed by atoms with Crippen LogP contribution in [0.2, 0.25) is 0 Å². The van der Waals surface area contributed by atoms with Gasteiger partial charge in [-0.3, -0.25) is 0 Å². The Balaban J connectivity index is 2.36. The molecule has 1 fully saturated rings. The molecule has 110 valence electrons. The van der Waals surface area contributed by atoms with Gasteiger partial charge in [-0.2, -0.15) is 0 Å². The molecular weight excluding hydrogens is 248 g/mol. The highest BCUT2D eigenvalue weighted by atomic mass is 16.5. The highest BCUT2D eigenvalue weighted by molar-refractivity contribution is 5.74. The zero-order valence-electron chi connectivity index (χ0n) is 11.8. The lowest BCUT2D eigenvalue weighted by Crippen LogP contribution is -2.48. The van der Waals surface area contributed by atoms with Gasteiger partial charge in [-0.05, 0) is 26.2 Å². The summed E-state index contributed by atoms with van der Waals surface area (Å²) in [6, 6.07) is 0.0843. The number of aliphatic carboxylic acids is 1. The van der Waals surface area contributed by atoms with E-state index in [-0.39, 0.29) is 18.7 Å². The van der Waals surface area contributed by atoms with Gasteiger partial charge in [0, 0.05) is 26.2 Å². The first-order valence-electron chi connectivity index (χ1n) is 6.95. The maximum absolute atomic E-state index is 12.2. The molecule has 1 aliphatic rings. The summed E-state index contributed by atoms with van der Waals surface area (Å²) < 4.78 is 5.26. The number of carbonyl (C=O) groups excluding carboxylic acids is 1. The summed E-state index contributed by atoms with van der Waals surface area (Å²) in [5.74, 6) is -0.946. The van der Waals surface area contributed by atoms with Crippen LogP contribution >= 0.6 is 0 Å². The minimum atomic E-state index is -0.946. The molecule has 0 aromatic rings. The normalized spacial score (nSPS) is 16.4. The highest BCUT2D eigenvalue weighted by Gasteiger charge is 2.26. The van der Waals surface area contributed by atoms with Crippen molar-refractivity contribution in [3.8, 4) is 0 Å². The van der Waals surface area contributed by atoms with Crippen LogP contribution in [0.25, 0.3) is 0 Å². The van der Waals surface area contributed by atoms with Crippen molar-refractivity contribution in [2.24, 2.45) is 0 Å². The van der Waals surface area contributed by atoms with E-state index in [4.69, 9.17) is 9.84 Å². The van der Waals surface area contributed by atoms with E-state index in [2.05, 4.69) is 6.92 Å². The number of rotatable bonds is 6. The monoisotopic (exact) mass is 272 g/mol. The third kappa shape index (κ3) is 5.06. The first-order chi connectivity index (χ1) is 9.08. The number of hydrogen-bond donors (Lipinski definition) is 1. The van der Waals surface area contributed by atoms with E-state index in [9.17, 15) is 9.59 Å². The molecule has 1 rings (SSSR count). The maximum Gasteiger partial charge on any atom is 0.329 e. The Labute approximate surface area is 114 Å². The van der Waals surface area contributed by atoms with Crippen LogP contribution in [0.3, 0.4) is 0 Å². The van der Waals surface area contributed by atoms with Gasteiger partial charge in [0.15, 0.2) is 0 Å². The third-order valence-electron chi connectivity index (χ3n) is 3.30. The molecule has 19 heavy (non-hydrogen) atoms. The fraction of sp³-hybridized carbons (Fsp3) is 0.846. The second-order valence-electron chi connectivity index (χ2n) is 4.75. The molecule has 1 saturated heterocycles. The molecular formula is C13H24N2O4. The third-order valence-corrected chi connectivity index (χ3v) is 3.30. The van der Waals surface area contributed by atoms with Crippen molar-refractivity contribution in [1.29, 1.82) is 0 Å². The maximum atomic E-state index is 12.2. The lowest BCUT2D eigenvalue weighted by molar-refractivity contribution is -0.145. The molecule has 1 heterocycles. The Morgan fingerprint density at radius 3 is 2.42 bits per heavy atom. The van der Waals surface area contributed by atoms with Gasteiger partial charge in [0.25, 0.3) is 0 Å². The molecule has 0 unspecified atom stereocenters. The molecule has 6 nitrogen and oxygen atoms in total. The Kier molecular flexibility index (Phi) is 6.62. The lowest BCUT2D eigenvalue weighted by Gasteiger charge is -2.35. The van der Waals surface area contributed by atoms with E-state index in [1.54, 1.807) is 0 Å². The number of urea groups is 1. The Morgan fingerprint density at radius 2 is 1.95 bits per heavy atom. The number of carboxylic acid groups (broad SMARTS) is 1. The van der Waals surface area contributed by atoms with E-state index in [1.165, 1.54) is 0 Å². The van der Waals surface area contributed by atoms with Gasteiger partial charge in [-0.15, -0.1) is 0 Å². The summed E-state index contributed by atoms with van der Waals surface area (Å²) in [7, 11) is 0. The summed E-state index contributed by atoms with van der Waals surface area (Å²) in [5, 5.41) is 8.55. The van der Waals surface area contributed by atoms with E-state index < -0.39 is 5.97 Å². The molecule has 1 aliphatic heterocycles. The van der Waals surface area contributed by atoms with Gasteiger partial charge >= 0.3 is 12.0 Å². The first-order valence-corrected chi connectivity index (χ1v) is 6.95. The number of carboxylic acids is 1. The van der Waals surface area contributed by atoms with Crippen LogP contribution in [-0.2, 0) is 9.53 Å². The summed E-state index contributed by atoms with van der Waals surface area (Å²) >= 11 is 0. The molecule has 0 aromatic heterocycles. The van der Waals surface area contributed by atoms with Crippen molar-refractivity contribution in [2.45, 2.75) is 39.2 Å². The molecule has 0 aromatic carbocycles. The molecule has 0 atom stereocenters. The van der Waals surface area contributed by atoms with Crippen LogP contribution in [0.4, 0.5) is 4.79 Å². The van der Waals surface area contributed by atoms with Crippen LogP contribution in [-0.4, -0.2) is 65.8 Å². The Morgan fingerprint density at radius 1 is 1.32 bits per heavy atom. The Bertz CT molecular complexity index is 301. The molecule has 0 radical (unpaired) electrons. The van der Waals surface area contributed by atoms with Crippen LogP contribution in [0.5, 0.6) is 0 Å². The first kappa shape index (κ1) is 15.8. The highest BCUT2D eigenvalue weighted by Crippen LogP contribution is 2.15. The smallest absolute Gasteiger partial charge is 0.329 e. The second kappa shape index (κ2) is 7.99. The second-order valence-corrected chi connectivity index (χ2v) is 4.75. The number of nitrogens with zero attached hydrogens (tertiary/aromatic N) is 2. The Hall–Kier alpha value is -1.30. The summed E-state index contributed by atoms with van der Waals surface area (Å²) in [6.45, 7) is 6.58. The zero-order valence-corrected chi connectivity index (χ0v) is 11.8. The van der Waals surface area contributed by atoms with Gasteiger partial charge in [0.05, 0.1) is 6.10 Å².